The third-order valence-electron chi connectivity index (χ3n) is 4.36. The van der Waals surface area contributed by atoms with Crippen molar-refractivity contribution in [1.82, 2.24) is 9.55 Å². The van der Waals surface area contributed by atoms with Crippen LogP contribution in [0.25, 0.3) is 11.0 Å². The number of ether oxygens (including phenoxy) is 2. The molecule has 0 aliphatic heterocycles. The first-order valence-electron chi connectivity index (χ1n) is 8.39. The second kappa shape index (κ2) is 7.58. The molecule has 3 rings (SSSR count). The molecule has 1 atom stereocenters. The van der Waals surface area contributed by atoms with E-state index in [4.69, 9.17) is 4.74 Å². The SMILES string of the molecule is COC(=O)c1ccc(OCC(O)Cn2cnc3cc(C)c(C)cc32)cc1. The fraction of sp³-hybridized carbons (Fsp3) is 0.300. The van der Waals surface area contributed by atoms with Crippen LogP contribution in [0.5, 0.6) is 5.75 Å². The lowest BCUT2D eigenvalue weighted by molar-refractivity contribution is 0.0600. The number of hydrogen-bond donors (Lipinski definition) is 1. The van der Waals surface area contributed by atoms with Gasteiger partial charge in [-0.15, -0.1) is 0 Å². The van der Waals surface area contributed by atoms with Crippen LogP contribution < -0.4 is 4.74 Å². The van der Waals surface area contributed by atoms with E-state index >= 15 is 0 Å². The Morgan fingerprint density at radius 1 is 1.19 bits per heavy atom. The lowest BCUT2D eigenvalue weighted by atomic mass is 10.1. The van der Waals surface area contributed by atoms with Crippen molar-refractivity contribution in [3.8, 4) is 5.75 Å². The van der Waals surface area contributed by atoms with Gasteiger partial charge in [-0.2, -0.15) is 0 Å². The highest BCUT2D eigenvalue weighted by molar-refractivity contribution is 5.89. The first-order chi connectivity index (χ1) is 12.5. The summed E-state index contributed by atoms with van der Waals surface area (Å²) in [5.41, 5.74) is 4.75. The quantitative estimate of drug-likeness (QED) is 0.689. The van der Waals surface area contributed by atoms with Crippen molar-refractivity contribution in [2.45, 2.75) is 26.5 Å². The second-order valence-electron chi connectivity index (χ2n) is 6.30. The smallest absolute Gasteiger partial charge is 0.337 e. The zero-order valence-electron chi connectivity index (χ0n) is 15.1. The number of esters is 1. The van der Waals surface area contributed by atoms with Crippen LogP contribution in [-0.2, 0) is 11.3 Å². The van der Waals surface area contributed by atoms with E-state index in [2.05, 4.69) is 29.6 Å². The normalized spacial score (nSPS) is 12.2. The molecule has 26 heavy (non-hydrogen) atoms. The standard InChI is InChI=1S/C20H22N2O4/c1-13-8-18-19(9-14(13)2)22(12-21-18)10-16(23)11-26-17-6-4-15(5-7-17)20(24)25-3/h4-9,12,16,23H,10-11H2,1-3H3. The molecule has 1 heterocycles. The third kappa shape index (κ3) is 3.86. The zero-order chi connectivity index (χ0) is 18.7. The third-order valence-corrected chi connectivity index (χ3v) is 4.36. The number of fused-ring (bicyclic) bond motifs is 1. The van der Waals surface area contributed by atoms with E-state index in [0.29, 0.717) is 17.9 Å². The molecule has 0 fully saturated rings. The van der Waals surface area contributed by atoms with Crippen LogP contribution in [0.2, 0.25) is 0 Å². The summed E-state index contributed by atoms with van der Waals surface area (Å²) in [6.07, 6.45) is 1.05. The van der Waals surface area contributed by atoms with Gasteiger partial charge in [0.2, 0.25) is 0 Å². The number of aliphatic hydroxyl groups excluding tert-OH is 1. The van der Waals surface area contributed by atoms with Crippen LogP contribution in [0.1, 0.15) is 21.5 Å². The molecule has 0 radical (unpaired) electrons. The Morgan fingerprint density at radius 2 is 1.88 bits per heavy atom. The summed E-state index contributed by atoms with van der Waals surface area (Å²) < 4.78 is 12.2. The van der Waals surface area contributed by atoms with E-state index < -0.39 is 12.1 Å². The van der Waals surface area contributed by atoms with Crippen LogP contribution in [0.3, 0.4) is 0 Å². The minimum Gasteiger partial charge on any atom is -0.491 e. The Labute approximate surface area is 152 Å². The molecule has 0 amide bonds. The average Bonchev–Trinajstić information content (AvgIpc) is 3.01. The number of carbonyl (C=O) groups excluding carboxylic acids is 1. The predicted octanol–water partition coefficient (Wildman–Crippen LogP) is 2.88. The molecule has 3 aromatic rings. The molecule has 0 aliphatic rings. The molecule has 1 aromatic heterocycles. The largest absolute Gasteiger partial charge is 0.491 e. The topological polar surface area (TPSA) is 73.6 Å². The molecular weight excluding hydrogens is 332 g/mol. The van der Waals surface area contributed by atoms with Gasteiger partial charge in [0.25, 0.3) is 0 Å². The fourth-order valence-corrected chi connectivity index (χ4v) is 2.74. The van der Waals surface area contributed by atoms with Crippen molar-refractivity contribution in [3.63, 3.8) is 0 Å². The van der Waals surface area contributed by atoms with Crippen molar-refractivity contribution in [2.24, 2.45) is 0 Å². The summed E-state index contributed by atoms with van der Waals surface area (Å²) in [6.45, 7) is 4.65. The molecule has 6 nitrogen and oxygen atoms in total. The van der Waals surface area contributed by atoms with Crippen molar-refractivity contribution < 1.29 is 19.4 Å². The lowest BCUT2D eigenvalue weighted by Crippen LogP contribution is -2.23. The number of aromatic nitrogens is 2. The lowest BCUT2D eigenvalue weighted by Gasteiger charge is -2.14. The highest BCUT2D eigenvalue weighted by atomic mass is 16.5. The molecule has 0 saturated heterocycles. The molecule has 0 aliphatic carbocycles. The van der Waals surface area contributed by atoms with Gasteiger partial charge in [-0.25, -0.2) is 9.78 Å². The molecule has 2 aromatic carbocycles. The van der Waals surface area contributed by atoms with Crippen LogP contribution in [0.15, 0.2) is 42.7 Å². The second-order valence-corrected chi connectivity index (χ2v) is 6.30. The number of nitrogens with zero attached hydrogens (tertiary/aromatic N) is 2. The van der Waals surface area contributed by atoms with Crippen LogP contribution in [0, 0.1) is 13.8 Å². The van der Waals surface area contributed by atoms with Crippen molar-refractivity contribution in [2.75, 3.05) is 13.7 Å². The van der Waals surface area contributed by atoms with Gasteiger partial charge in [-0.3, -0.25) is 0 Å². The number of imidazole rings is 1. The van der Waals surface area contributed by atoms with Crippen molar-refractivity contribution in [3.05, 3.63) is 59.4 Å². The average molecular weight is 354 g/mol. The Morgan fingerprint density at radius 3 is 2.58 bits per heavy atom. The molecule has 0 spiro atoms. The summed E-state index contributed by atoms with van der Waals surface area (Å²) in [5, 5.41) is 10.3. The van der Waals surface area contributed by atoms with E-state index in [0.717, 1.165) is 11.0 Å². The molecule has 0 bridgehead atoms. The molecule has 6 heteroatoms. The Hall–Kier alpha value is -2.86. The van der Waals surface area contributed by atoms with Crippen LogP contribution in [0.4, 0.5) is 0 Å². The van der Waals surface area contributed by atoms with Crippen molar-refractivity contribution >= 4 is 17.0 Å². The van der Waals surface area contributed by atoms with Gasteiger partial charge in [0.05, 0.1) is 36.6 Å². The number of rotatable bonds is 6. The highest BCUT2D eigenvalue weighted by Gasteiger charge is 2.11. The van der Waals surface area contributed by atoms with E-state index in [-0.39, 0.29) is 6.61 Å². The number of aliphatic hydroxyl groups is 1. The maximum Gasteiger partial charge on any atom is 0.337 e. The fourth-order valence-electron chi connectivity index (χ4n) is 2.74. The minimum atomic E-state index is -0.686. The Bertz CT molecular complexity index is 915. The van der Waals surface area contributed by atoms with Crippen LogP contribution in [-0.4, -0.2) is 40.4 Å². The maximum absolute atomic E-state index is 11.4. The maximum atomic E-state index is 11.4. The van der Waals surface area contributed by atoms with E-state index in [1.807, 2.05) is 10.6 Å². The summed E-state index contributed by atoms with van der Waals surface area (Å²) >= 11 is 0. The summed E-state index contributed by atoms with van der Waals surface area (Å²) in [7, 11) is 1.34. The number of methoxy groups -OCH3 is 1. The van der Waals surface area contributed by atoms with E-state index in [9.17, 15) is 9.90 Å². The van der Waals surface area contributed by atoms with Gasteiger partial charge in [-0.05, 0) is 61.4 Å². The summed E-state index contributed by atoms with van der Waals surface area (Å²) in [4.78, 5) is 15.8. The monoisotopic (exact) mass is 354 g/mol. The summed E-state index contributed by atoms with van der Waals surface area (Å²) in [5.74, 6) is 0.188. The Balaban J connectivity index is 1.61. The summed E-state index contributed by atoms with van der Waals surface area (Å²) in [6, 6.07) is 10.7. The molecule has 1 N–H and O–H groups in total. The number of aryl methyl sites for hydroxylation is 2. The van der Waals surface area contributed by atoms with E-state index in [1.165, 1.54) is 18.2 Å². The number of benzene rings is 2. The molecule has 136 valence electrons. The van der Waals surface area contributed by atoms with Crippen molar-refractivity contribution in [1.29, 1.82) is 0 Å². The first kappa shape index (κ1) is 17.9. The minimum absolute atomic E-state index is 0.141. The van der Waals surface area contributed by atoms with Gasteiger partial charge < -0.3 is 19.1 Å². The van der Waals surface area contributed by atoms with Gasteiger partial charge in [0, 0.05) is 0 Å². The zero-order valence-corrected chi connectivity index (χ0v) is 15.1. The van der Waals surface area contributed by atoms with Gasteiger partial charge >= 0.3 is 5.97 Å². The highest BCUT2D eigenvalue weighted by Crippen LogP contribution is 2.19. The number of hydrogen-bond acceptors (Lipinski definition) is 5. The predicted molar refractivity (Wildman–Crippen MR) is 98.5 cm³/mol. The molecular formula is C20H22N2O4. The molecule has 0 saturated carbocycles. The van der Waals surface area contributed by atoms with Gasteiger partial charge in [0.1, 0.15) is 18.5 Å². The number of carbonyl (C=O) groups is 1. The Kier molecular flexibility index (Phi) is 5.23. The van der Waals surface area contributed by atoms with Crippen LogP contribution >= 0.6 is 0 Å². The van der Waals surface area contributed by atoms with E-state index in [1.54, 1.807) is 30.6 Å². The van der Waals surface area contributed by atoms with Gasteiger partial charge in [-0.1, -0.05) is 0 Å². The first-order valence-corrected chi connectivity index (χ1v) is 8.39. The van der Waals surface area contributed by atoms with Gasteiger partial charge in [0.15, 0.2) is 0 Å². The molecule has 1 unspecified atom stereocenters.